The van der Waals surface area contributed by atoms with Crippen molar-refractivity contribution in [2.24, 2.45) is 17.3 Å². The van der Waals surface area contributed by atoms with E-state index in [4.69, 9.17) is 10.1 Å². The molecule has 0 spiro atoms. The number of hydrogen-bond donors (Lipinski definition) is 1. The molecule has 1 unspecified atom stereocenters. The van der Waals surface area contributed by atoms with Crippen molar-refractivity contribution in [3.8, 4) is 24.0 Å². The van der Waals surface area contributed by atoms with E-state index in [-0.39, 0.29) is 11.6 Å². The van der Waals surface area contributed by atoms with Crippen LogP contribution in [0, 0.1) is 56.7 Å². The molecule has 1 aliphatic heterocycles. The Hall–Kier alpha value is -3.14. The van der Waals surface area contributed by atoms with Crippen molar-refractivity contribution in [1.29, 1.82) is 21.2 Å². The summed E-state index contributed by atoms with van der Waals surface area (Å²) in [6.07, 6.45) is 3.02. The van der Waals surface area contributed by atoms with Gasteiger partial charge in [0.25, 0.3) is 0 Å². The van der Waals surface area contributed by atoms with E-state index in [1.807, 2.05) is 30.3 Å². The second kappa shape index (κ2) is 7.85. The number of nitriles is 3. The quantitative estimate of drug-likeness (QED) is 0.815. The molecule has 3 atom stereocenters. The molecule has 2 aliphatic rings. The third kappa shape index (κ3) is 2.95. The number of ether oxygens (including phenoxy) is 1. The van der Waals surface area contributed by atoms with E-state index in [1.54, 1.807) is 7.11 Å². The first-order chi connectivity index (χ1) is 13.6. The smallest absolute Gasteiger partial charge is 0.189 e. The maximum absolute atomic E-state index is 10.1. The highest BCUT2D eigenvalue weighted by Crippen LogP contribution is 2.53. The van der Waals surface area contributed by atoms with Gasteiger partial charge in [0, 0.05) is 24.9 Å². The molecule has 1 aromatic carbocycles. The zero-order valence-corrected chi connectivity index (χ0v) is 16.1. The first kappa shape index (κ1) is 19.6. The van der Waals surface area contributed by atoms with Gasteiger partial charge in [-0.05, 0) is 36.2 Å². The number of rotatable bonds is 4. The molecule has 6 heteroatoms. The van der Waals surface area contributed by atoms with Crippen LogP contribution in [0.5, 0.6) is 5.75 Å². The van der Waals surface area contributed by atoms with Gasteiger partial charge >= 0.3 is 0 Å². The Bertz CT molecular complexity index is 915. The number of nitrogens with zero attached hydrogens (tertiary/aromatic N) is 4. The Morgan fingerprint density at radius 1 is 1.29 bits per heavy atom. The van der Waals surface area contributed by atoms with Crippen molar-refractivity contribution >= 4 is 5.71 Å². The molecule has 1 aromatic rings. The van der Waals surface area contributed by atoms with Crippen LogP contribution in [0.1, 0.15) is 24.8 Å². The number of fused-ring (bicyclic) bond motifs is 1. The summed E-state index contributed by atoms with van der Waals surface area (Å²) in [5.41, 5.74) is -0.129. The van der Waals surface area contributed by atoms with Crippen molar-refractivity contribution in [1.82, 2.24) is 4.90 Å². The van der Waals surface area contributed by atoms with Crippen molar-refractivity contribution in [2.45, 2.75) is 19.3 Å². The molecular formula is C22H23N5O. The van der Waals surface area contributed by atoms with Crippen LogP contribution in [-0.4, -0.2) is 37.4 Å². The molecule has 1 fully saturated rings. The van der Waals surface area contributed by atoms with Gasteiger partial charge in [-0.3, -0.25) is 4.90 Å². The predicted molar refractivity (Wildman–Crippen MR) is 105 cm³/mol. The Kier molecular flexibility index (Phi) is 5.50. The minimum Gasteiger partial charge on any atom is -0.497 e. The van der Waals surface area contributed by atoms with Crippen LogP contribution in [0.15, 0.2) is 35.9 Å². The van der Waals surface area contributed by atoms with Gasteiger partial charge in [0.2, 0.25) is 0 Å². The first-order valence-electron chi connectivity index (χ1n) is 9.43. The third-order valence-electron chi connectivity index (χ3n) is 5.86. The molecule has 28 heavy (non-hydrogen) atoms. The molecular weight excluding hydrogens is 350 g/mol. The van der Waals surface area contributed by atoms with Gasteiger partial charge in [0.05, 0.1) is 31.0 Å². The van der Waals surface area contributed by atoms with Crippen LogP contribution in [0.4, 0.5) is 0 Å². The Morgan fingerprint density at radius 2 is 2.04 bits per heavy atom. The van der Waals surface area contributed by atoms with Crippen molar-refractivity contribution in [3.63, 3.8) is 0 Å². The minimum absolute atomic E-state index is 0.112. The summed E-state index contributed by atoms with van der Waals surface area (Å²) < 4.78 is 5.35. The van der Waals surface area contributed by atoms with E-state index < -0.39 is 17.3 Å². The molecule has 0 aromatic heterocycles. The van der Waals surface area contributed by atoms with Gasteiger partial charge in [0.15, 0.2) is 5.41 Å². The standard InChI is InChI=1S/C22H23N5O/c1-3-8-27-9-7-17-18(11-23)21(26)22(13-24,14-25)20(19(17)12-27)15-5-4-6-16(10-15)28-2/h4-7,10,18-20,26H,3,8-9,12H2,1-2H3/t18?,19-,20+/m1/s1. The fraction of sp³-hybridized carbons (Fsp3) is 0.455. The first-order valence-corrected chi connectivity index (χ1v) is 9.43. The molecule has 1 heterocycles. The minimum atomic E-state index is -1.68. The van der Waals surface area contributed by atoms with Gasteiger partial charge in [-0.1, -0.05) is 25.1 Å². The zero-order chi connectivity index (χ0) is 20.3. The van der Waals surface area contributed by atoms with Crippen LogP contribution >= 0.6 is 0 Å². The van der Waals surface area contributed by atoms with Crippen LogP contribution in [0.25, 0.3) is 0 Å². The van der Waals surface area contributed by atoms with Crippen LogP contribution in [0.3, 0.4) is 0 Å². The summed E-state index contributed by atoms with van der Waals surface area (Å²) in [7, 11) is 1.57. The number of nitrogens with one attached hydrogen (secondary N) is 1. The highest BCUT2D eigenvalue weighted by molar-refractivity contribution is 6.00. The fourth-order valence-electron chi connectivity index (χ4n) is 4.58. The predicted octanol–water partition coefficient (Wildman–Crippen LogP) is 3.25. The number of methoxy groups -OCH3 is 1. The Balaban J connectivity index is 2.22. The van der Waals surface area contributed by atoms with Gasteiger partial charge in [-0.2, -0.15) is 15.8 Å². The molecule has 0 radical (unpaired) electrons. The topological polar surface area (TPSA) is 108 Å². The summed E-state index contributed by atoms with van der Waals surface area (Å²) >= 11 is 0. The average Bonchev–Trinajstić information content (AvgIpc) is 2.73. The maximum atomic E-state index is 10.1. The lowest BCUT2D eigenvalue weighted by Crippen LogP contribution is -2.52. The number of hydrogen-bond acceptors (Lipinski definition) is 6. The van der Waals surface area contributed by atoms with E-state index in [1.165, 1.54) is 0 Å². The molecule has 0 bridgehead atoms. The van der Waals surface area contributed by atoms with Gasteiger partial charge < -0.3 is 10.1 Å². The average molecular weight is 373 g/mol. The molecule has 3 rings (SSSR count). The lowest BCUT2D eigenvalue weighted by Gasteiger charge is -2.47. The van der Waals surface area contributed by atoms with Crippen LogP contribution in [0.2, 0.25) is 0 Å². The van der Waals surface area contributed by atoms with Crippen molar-refractivity contribution in [2.75, 3.05) is 26.7 Å². The van der Waals surface area contributed by atoms with Crippen molar-refractivity contribution in [3.05, 3.63) is 41.5 Å². The normalized spacial score (nSPS) is 26.2. The summed E-state index contributed by atoms with van der Waals surface area (Å²) in [5.74, 6) is -0.885. The largest absolute Gasteiger partial charge is 0.497 e. The fourth-order valence-corrected chi connectivity index (χ4v) is 4.58. The molecule has 0 amide bonds. The second-order valence-corrected chi connectivity index (χ2v) is 7.33. The number of benzene rings is 1. The SMILES string of the molecule is CCCN1CC=C2C(C#N)C(=N)C(C#N)(C#N)[C@@H](c3cccc(OC)c3)[C@@H]2C1. The van der Waals surface area contributed by atoms with Crippen LogP contribution < -0.4 is 4.74 Å². The van der Waals surface area contributed by atoms with E-state index in [2.05, 4.69) is 30.0 Å². The third-order valence-corrected chi connectivity index (χ3v) is 5.86. The summed E-state index contributed by atoms with van der Waals surface area (Å²) in [6, 6.07) is 13.8. The Labute approximate surface area is 165 Å². The van der Waals surface area contributed by atoms with E-state index in [0.717, 1.165) is 30.6 Å². The molecule has 1 N–H and O–H groups in total. The summed E-state index contributed by atoms with van der Waals surface area (Å²) in [4.78, 5) is 2.28. The highest BCUT2D eigenvalue weighted by Gasteiger charge is 2.57. The molecule has 142 valence electrons. The van der Waals surface area contributed by atoms with Crippen LogP contribution in [-0.2, 0) is 0 Å². The molecule has 1 saturated carbocycles. The maximum Gasteiger partial charge on any atom is 0.189 e. The second-order valence-electron chi connectivity index (χ2n) is 7.33. The van der Waals surface area contributed by atoms with Gasteiger partial charge in [0.1, 0.15) is 11.7 Å². The van der Waals surface area contributed by atoms with E-state index >= 15 is 0 Å². The highest BCUT2D eigenvalue weighted by atomic mass is 16.5. The van der Waals surface area contributed by atoms with Gasteiger partial charge in [-0.25, -0.2) is 0 Å². The van der Waals surface area contributed by atoms with Gasteiger partial charge in [-0.15, -0.1) is 0 Å². The van der Waals surface area contributed by atoms with Crippen molar-refractivity contribution < 1.29 is 4.74 Å². The van der Waals surface area contributed by atoms with E-state index in [0.29, 0.717) is 12.3 Å². The lowest BCUT2D eigenvalue weighted by molar-refractivity contribution is 0.204. The Morgan fingerprint density at radius 3 is 2.64 bits per heavy atom. The summed E-state index contributed by atoms with van der Waals surface area (Å²) in [5, 5.41) is 38.5. The zero-order valence-electron chi connectivity index (χ0n) is 16.1. The monoisotopic (exact) mass is 373 g/mol. The summed E-state index contributed by atoms with van der Waals surface area (Å²) in [6.45, 7) is 4.41. The molecule has 1 aliphatic carbocycles. The van der Waals surface area contributed by atoms with E-state index in [9.17, 15) is 15.8 Å². The molecule has 6 nitrogen and oxygen atoms in total. The lowest BCUT2D eigenvalue weighted by atomic mass is 9.54. The molecule has 0 saturated heterocycles.